The largest absolute Gasteiger partial charge is 0.331 e. The summed E-state index contributed by atoms with van der Waals surface area (Å²) in [5.74, 6) is 0.595. The standard InChI is InChI=1S/C23H27N3O2S2/c27-23(24-21-18-5-1-3-15(18)11-16-4-2-6-19(16)21)25-30(28)20-12-17-13-26-9-7-14(8-10-26)22(17)29-20/h11-12,14H,1-10,13H2,(H2,24,25,27). The molecule has 0 spiro atoms. The van der Waals surface area contributed by atoms with Crippen LogP contribution in [0.25, 0.3) is 0 Å². The second-order valence-corrected chi connectivity index (χ2v) is 11.6. The number of nitrogens with zero attached hydrogens (tertiary/aromatic N) is 1. The van der Waals surface area contributed by atoms with Crippen molar-refractivity contribution in [1.82, 2.24) is 9.62 Å². The maximum atomic E-state index is 13.0. The van der Waals surface area contributed by atoms with Gasteiger partial charge in [0, 0.05) is 17.1 Å². The Morgan fingerprint density at radius 2 is 1.70 bits per heavy atom. The van der Waals surface area contributed by atoms with Crippen LogP contribution in [-0.4, -0.2) is 28.2 Å². The van der Waals surface area contributed by atoms with Gasteiger partial charge >= 0.3 is 6.03 Å². The molecule has 7 rings (SSSR count). The fourth-order valence-electron chi connectivity index (χ4n) is 5.81. The maximum Gasteiger partial charge on any atom is 0.331 e. The van der Waals surface area contributed by atoms with Crippen molar-refractivity contribution in [3.8, 4) is 0 Å². The smallest absolute Gasteiger partial charge is 0.307 e. The van der Waals surface area contributed by atoms with Crippen LogP contribution in [0.5, 0.6) is 0 Å². The summed E-state index contributed by atoms with van der Waals surface area (Å²) >= 11 is 1.64. The molecule has 1 atom stereocenters. The molecule has 4 heterocycles. The third-order valence-electron chi connectivity index (χ3n) is 7.25. The molecule has 0 saturated carbocycles. The molecular weight excluding hydrogens is 414 g/mol. The van der Waals surface area contributed by atoms with E-state index in [0.717, 1.165) is 68.1 Å². The molecular formula is C23H27N3O2S2. The number of rotatable bonds is 3. The summed E-state index contributed by atoms with van der Waals surface area (Å²) < 4.78 is 16.4. The molecule has 0 radical (unpaired) electrons. The van der Waals surface area contributed by atoms with Gasteiger partial charge in [-0.15, -0.1) is 11.3 Å². The van der Waals surface area contributed by atoms with E-state index in [1.165, 1.54) is 45.5 Å². The van der Waals surface area contributed by atoms with Crippen molar-refractivity contribution in [3.63, 3.8) is 0 Å². The number of urea groups is 1. The van der Waals surface area contributed by atoms with Crippen molar-refractivity contribution in [3.05, 3.63) is 44.8 Å². The van der Waals surface area contributed by atoms with Gasteiger partial charge in [0.25, 0.3) is 0 Å². The molecule has 5 aliphatic rings. The molecule has 30 heavy (non-hydrogen) atoms. The number of hydrogen-bond donors (Lipinski definition) is 2. The predicted molar refractivity (Wildman–Crippen MR) is 121 cm³/mol. The number of carbonyl (C=O) groups is 1. The number of amides is 2. The van der Waals surface area contributed by atoms with Crippen LogP contribution in [0.2, 0.25) is 0 Å². The van der Waals surface area contributed by atoms with Gasteiger partial charge in [-0.05, 0) is 104 Å². The van der Waals surface area contributed by atoms with Gasteiger partial charge in [0.2, 0.25) is 0 Å². The van der Waals surface area contributed by atoms with Crippen LogP contribution >= 0.6 is 11.3 Å². The third kappa shape index (κ3) is 3.22. The van der Waals surface area contributed by atoms with Crippen molar-refractivity contribution in [1.29, 1.82) is 0 Å². The minimum atomic E-state index is -1.52. The van der Waals surface area contributed by atoms with E-state index in [2.05, 4.69) is 27.1 Å². The Morgan fingerprint density at radius 3 is 2.40 bits per heavy atom. The van der Waals surface area contributed by atoms with Crippen molar-refractivity contribution >= 4 is 34.0 Å². The number of thiophene rings is 1. The van der Waals surface area contributed by atoms with E-state index in [1.807, 2.05) is 0 Å². The Kier molecular flexibility index (Phi) is 4.73. The van der Waals surface area contributed by atoms with E-state index in [0.29, 0.717) is 5.92 Å². The zero-order chi connectivity index (χ0) is 20.2. The zero-order valence-corrected chi connectivity index (χ0v) is 18.7. The van der Waals surface area contributed by atoms with Gasteiger partial charge in [0.15, 0.2) is 11.0 Å². The maximum absolute atomic E-state index is 13.0. The average molecular weight is 442 g/mol. The molecule has 7 heteroatoms. The van der Waals surface area contributed by atoms with Gasteiger partial charge in [-0.2, -0.15) is 0 Å². The summed E-state index contributed by atoms with van der Waals surface area (Å²) in [4.78, 5) is 16.7. The van der Waals surface area contributed by atoms with E-state index in [9.17, 15) is 9.00 Å². The summed E-state index contributed by atoms with van der Waals surface area (Å²) in [6.07, 6.45) is 8.94. The van der Waals surface area contributed by atoms with E-state index in [-0.39, 0.29) is 6.03 Å². The van der Waals surface area contributed by atoms with Crippen LogP contribution in [0.1, 0.15) is 64.3 Å². The molecule has 2 aliphatic carbocycles. The first kappa shape index (κ1) is 19.0. The predicted octanol–water partition coefficient (Wildman–Crippen LogP) is 4.26. The molecule has 3 aliphatic heterocycles. The molecule has 2 amide bonds. The lowest BCUT2D eigenvalue weighted by molar-refractivity contribution is 0.221. The number of fused-ring (bicyclic) bond motifs is 4. The summed E-state index contributed by atoms with van der Waals surface area (Å²) in [6.45, 7) is 3.28. The normalized spacial score (nSPS) is 24.7. The summed E-state index contributed by atoms with van der Waals surface area (Å²) in [7, 11) is -1.52. The minimum absolute atomic E-state index is 0.350. The quantitative estimate of drug-likeness (QED) is 0.748. The van der Waals surface area contributed by atoms with Crippen LogP contribution in [-0.2, 0) is 43.2 Å². The molecule has 2 bridgehead atoms. The van der Waals surface area contributed by atoms with Crippen LogP contribution < -0.4 is 10.0 Å². The third-order valence-corrected chi connectivity index (χ3v) is 9.94. The van der Waals surface area contributed by atoms with Crippen LogP contribution in [0.15, 0.2) is 16.3 Å². The summed E-state index contributed by atoms with van der Waals surface area (Å²) in [5, 5.41) is 3.10. The van der Waals surface area contributed by atoms with Crippen LogP contribution in [0, 0.1) is 0 Å². The van der Waals surface area contributed by atoms with Gasteiger partial charge in [0.1, 0.15) is 4.21 Å². The average Bonchev–Trinajstić information content (AvgIpc) is 3.45. The Hall–Kier alpha value is -1.70. The number of aryl methyl sites for hydroxylation is 2. The highest BCUT2D eigenvalue weighted by atomic mass is 32.2. The lowest BCUT2D eigenvalue weighted by Crippen LogP contribution is -2.31. The fraction of sp³-hybridized carbons (Fsp3) is 0.522. The van der Waals surface area contributed by atoms with Crippen molar-refractivity contribution < 1.29 is 9.00 Å². The Labute approximate surface area is 183 Å². The fourth-order valence-corrected chi connectivity index (χ4v) is 8.15. The molecule has 2 N–H and O–H groups in total. The number of nitrogens with one attached hydrogen (secondary N) is 2. The minimum Gasteiger partial charge on any atom is -0.307 e. The van der Waals surface area contributed by atoms with E-state index in [1.54, 1.807) is 11.3 Å². The monoisotopic (exact) mass is 441 g/mol. The summed E-state index contributed by atoms with van der Waals surface area (Å²) in [5.41, 5.74) is 7.68. The number of anilines is 1. The first-order chi connectivity index (χ1) is 14.7. The Balaban J connectivity index is 1.21. The number of benzene rings is 1. The molecule has 1 unspecified atom stereocenters. The molecule has 2 aromatic rings. The summed E-state index contributed by atoms with van der Waals surface area (Å²) in [6, 6.07) is 4.07. The van der Waals surface area contributed by atoms with Crippen LogP contribution in [0.4, 0.5) is 10.5 Å². The van der Waals surface area contributed by atoms with Crippen molar-refractivity contribution in [2.45, 2.75) is 68.0 Å². The first-order valence-corrected chi connectivity index (χ1v) is 13.1. The Morgan fingerprint density at radius 1 is 1.00 bits per heavy atom. The zero-order valence-electron chi connectivity index (χ0n) is 17.1. The van der Waals surface area contributed by atoms with E-state index in [4.69, 9.17) is 0 Å². The number of carbonyl (C=O) groups excluding carboxylic acids is 1. The molecule has 1 aromatic heterocycles. The topological polar surface area (TPSA) is 61.4 Å². The highest BCUT2D eigenvalue weighted by molar-refractivity contribution is 7.86. The van der Waals surface area contributed by atoms with Crippen molar-refractivity contribution in [2.24, 2.45) is 0 Å². The Bertz CT molecular complexity index is 1020. The molecule has 1 saturated heterocycles. The van der Waals surface area contributed by atoms with Gasteiger partial charge in [-0.1, -0.05) is 6.07 Å². The van der Waals surface area contributed by atoms with Gasteiger partial charge in [-0.25, -0.2) is 9.00 Å². The van der Waals surface area contributed by atoms with Gasteiger partial charge in [0.05, 0.1) is 0 Å². The molecule has 1 aromatic carbocycles. The lowest BCUT2D eigenvalue weighted by atomic mass is 9.96. The SMILES string of the molecule is O=C(Nc1c2c(cc3c1CCC3)CCC2)NS(=O)c1cc2c(s1)C1CCN(CC1)C2. The van der Waals surface area contributed by atoms with Crippen molar-refractivity contribution in [2.75, 3.05) is 18.4 Å². The number of piperidine rings is 1. The second kappa shape index (κ2) is 7.46. The molecule has 158 valence electrons. The molecule has 5 nitrogen and oxygen atoms in total. The lowest BCUT2D eigenvalue weighted by Gasteiger charge is -2.26. The highest BCUT2D eigenvalue weighted by Crippen LogP contribution is 2.41. The van der Waals surface area contributed by atoms with Gasteiger partial charge in [-0.3, -0.25) is 9.62 Å². The van der Waals surface area contributed by atoms with Crippen LogP contribution in [0.3, 0.4) is 0 Å². The second-order valence-electron chi connectivity index (χ2n) is 9.06. The van der Waals surface area contributed by atoms with Gasteiger partial charge < -0.3 is 5.32 Å². The van der Waals surface area contributed by atoms with E-state index >= 15 is 0 Å². The highest BCUT2D eigenvalue weighted by Gasteiger charge is 2.31. The molecule has 1 fully saturated rings. The first-order valence-electron chi connectivity index (χ1n) is 11.2. The number of hydrogen-bond acceptors (Lipinski definition) is 4. The van der Waals surface area contributed by atoms with E-state index < -0.39 is 11.0 Å².